The Morgan fingerprint density at radius 2 is 1.80 bits per heavy atom. The third kappa shape index (κ3) is 5.76. The summed E-state index contributed by atoms with van der Waals surface area (Å²) in [5, 5.41) is 0. The fraction of sp³-hybridized carbons (Fsp3) is 0.480. The predicted octanol–water partition coefficient (Wildman–Crippen LogP) is 3.79. The van der Waals surface area contributed by atoms with E-state index in [2.05, 4.69) is 17.0 Å². The summed E-state index contributed by atoms with van der Waals surface area (Å²) in [5.41, 5.74) is 3.09. The highest BCUT2D eigenvalue weighted by Gasteiger charge is 2.23. The molecule has 3 rings (SSSR count). The van der Waals surface area contributed by atoms with Crippen LogP contribution in [0.15, 0.2) is 48.5 Å². The second-order valence-electron chi connectivity index (χ2n) is 8.48. The Kier molecular flexibility index (Phi) is 7.75. The normalized spacial score (nSPS) is 15.1. The number of nitrogens with zero attached hydrogens (tertiary/aromatic N) is 3. The molecule has 0 unspecified atom stereocenters. The van der Waals surface area contributed by atoms with E-state index in [0.717, 1.165) is 62.4 Å². The lowest BCUT2D eigenvalue weighted by Crippen LogP contribution is -2.40. The quantitative estimate of drug-likeness (QED) is 0.665. The topological polar surface area (TPSA) is 36.0 Å². The molecule has 30 heavy (non-hydrogen) atoms. The molecule has 0 spiro atoms. The third-order valence-electron chi connectivity index (χ3n) is 6.09. The molecule has 5 heteroatoms. The number of para-hydroxylation sites is 1. The van der Waals surface area contributed by atoms with Gasteiger partial charge in [-0.15, -0.1) is 0 Å². The van der Waals surface area contributed by atoms with Gasteiger partial charge in [-0.3, -0.25) is 4.79 Å². The molecule has 0 aliphatic carbocycles. The van der Waals surface area contributed by atoms with E-state index in [0.29, 0.717) is 5.92 Å². The van der Waals surface area contributed by atoms with Crippen molar-refractivity contribution in [3.63, 3.8) is 0 Å². The van der Waals surface area contributed by atoms with Gasteiger partial charge in [-0.2, -0.15) is 0 Å². The van der Waals surface area contributed by atoms with Gasteiger partial charge in [-0.1, -0.05) is 24.3 Å². The Morgan fingerprint density at radius 1 is 1.07 bits per heavy atom. The molecule has 0 bridgehead atoms. The Balaban J connectivity index is 1.46. The zero-order valence-electron chi connectivity index (χ0n) is 18.8. The summed E-state index contributed by atoms with van der Waals surface area (Å²) in [5.74, 6) is 1.65. The van der Waals surface area contributed by atoms with Gasteiger partial charge in [0.15, 0.2) is 0 Å². The number of methoxy groups -OCH3 is 1. The van der Waals surface area contributed by atoms with E-state index in [1.54, 1.807) is 7.11 Å². The number of amides is 1. The van der Waals surface area contributed by atoms with E-state index in [9.17, 15) is 4.79 Å². The Labute approximate surface area is 181 Å². The van der Waals surface area contributed by atoms with Crippen LogP contribution in [0.5, 0.6) is 5.75 Å². The summed E-state index contributed by atoms with van der Waals surface area (Å²) in [4.78, 5) is 19.3. The summed E-state index contributed by atoms with van der Waals surface area (Å²) in [7, 11) is 7.65. The third-order valence-corrected chi connectivity index (χ3v) is 6.09. The van der Waals surface area contributed by atoms with Crippen LogP contribution in [-0.2, 0) is 6.42 Å². The van der Waals surface area contributed by atoms with Crippen LogP contribution < -0.4 is 9.64 Å². The second kappa shape index (κ2) is 10.5. The molecule has 2 aromatic rings. The monoisotopic (exact) mass is 409 g/mol. The molecule has 0 atom stereocenters. The van der Waals surface area contributed by atoms with Gasteiger partial charge >= 0.3 is 0 Å². The van der Waals surface area contributed by atoms with Gasteiger partial charge < -0.3 is 19.4 Å². The van der Waals surface area contributed by atoms with Gasteiger partial charge in [0.25, 0.3) is 5.91 Å². The molecule has 1 heterocycles. The van der Waals surface area contributed by atoms with Crippen LogP contribution in [0.2, 0.25) is 0 Å². The first kappa shape index (κ1) is 22.2. The average Bonchev–Trinajstić information content (AvgIpc) is 2.78. The van der Waals surface area contributed by atoms with Gasteiger partial charge in [0.2, 0.25) is 0 Å². The van der Waals surface area contributed by atoms with Gasteiger partial charge in [0.05, 0.1) is 7.11 Å². The fourth-order valence-electron chi connectivity index (χ4n) is 4.19. The molecular weight excluding hydrogens is 374 g/mol. The van der Waals surface area contributed by atoms with Crippen molar-refractivity contribution in [3.8, 4) is 5.75 Å². The van der Waals surface area contributed by atoms with Crippen molar-refractivity contribution in [1.29, 1.82) is 0 Å². The number of ether oxygens (including phenoxy) is 1. The lowest BCUT2D eigenvalue weighted by atomic mass is 9.95. The summed E-state index contributed by atoms with van der Waals surface area (Å²) in [6.45, 7) is 4.07. The minimum Gasteiger partial charge on any atom is -0.496 e. The number of piperidine rings is 1. The van der Waals surface area contributed by atoms with Gasteiger partial charge in [-0.25, -0.2) is 0 Å². The van der Waals surface area contributed by atoms with Crippen LogP contribution in [0.3, 0.4) is 0 Å². The maximum absolute atomic E-state index is 12.9. The Morgan fingerprint density at radius 3 is 2.50 bits per heavy atom. The van der Waals surface area contributed by atoms with Crippen molar-refractivity contribution in [2.75, 3.05) is 59.3 Å². The van der Waals surface area contributed by atoms with Crippen LogP contribution in [0.4, 0.5) is 5.69 Å². The summed E-state index contributed by atoms with van der Waals surface area (Å²) < 4.78 is 5.47. The minimum absolute atomic E-state index is 0.109. The number of anilines is 1. The van der Waals surface area contributed by atoms with E-state index in [1.807, 2.05) is 67.3 Å². The van der Waals surface area contributed by atoms with E-state index in [1.165, 1.54) is 5.56 Å². The molecule has 1 aliphatic heterocycles. The van der Waals surface area contributed by atoms with Gasteiger partial charge in [-0.05, 0) is 68.1 Å². The number of benzene rings is 2. The maximum atomic E-state index is 12.9. The molecule has 2 aromatic carbocycles. The standard InChI is InChI=1S/C25H35N3O2/c1-26(2)23-10-7-9-22(18-23)25(29)27(3)19-20-12-15-28(16-13-20)17-14-21-8-5-6-11-24(21)30-4/h5-11,18,20H,12-17,19H2,1-4H3. The van der Waals surface area contributed by atoms with Crippen LogP contribution in [-0.4, -0.2) is 70.1 Å². The highest BCUT2D eigenvalue weighted by atomic mass is 16.5. The first-order valence-corrected chi connectivity index (χ1v) is 10.8. The van der Waals surface area contributed by atoms with E-state index in [4.69, 9.17) is 4.74 Å². The number of hydrogen-bond acceptors (Lipinski definition) is 4. The molecule has 162 valence electrons. The summed E-state index contributed by atoms with van der Waals surface area (Å²) >= 11 is 0. The lowest BCUT2D eigenvalue weighted by Gasteiger charge is -2.34. The van der Waals surface area contributed by atoms with Gasteiger partial charge in [0, 0.05) is 45.5 Å². The van der Waals surface area contributed by atoms with Crippen molar-refractivity contribution in [2.24, 2.45) is 5.92 Å². The number of carbonyl (C=O) groups is 1. The molecule has 0 saturated carbocycles. The SMILES string of the molecule is COc1ccccc1CCN1CCC(CN(C)C(=O)c2cccc(N(C)C)c2)CC1. The zero-order chi connectivity index (χ0) is 21.5. The zero-order valence-corrected chi connectivity index (χ0v) is 18.8. The van der Waals surface area contributed by atoms with Crippen LogP contribution in [0.1, 0.15) is 28.8 Å². The highest BCUT2D eigenvalue weighted by molar-refractivity contribution is 5.95. The minimum atomic E-state index is 0.109. The number of likely N-dealkylation sites (tertiary alicyclic amines) is 1. The first-order valence-electron chi connectivity index (χ1n) is 10.8. The summed E-state index contributed by atoms with van der Waals surface area (Å²) in [6.07, 6.45) is 3.29. The van der Waals surface area contributed by atoms with Crippen LogP contribution in [0.25, 0.3) is 0 Å². The van der Waals surface area contributed by atoms with Crippen molar-refractivity contribution >= 4 is 11.6 Å². The largest absolute Gasteiger partial charge is 0.496 e. The Bertz CT molecular complexity index is 829. The lowest BCUT2D eigenvalue weighted by molar-refractivity contribution is 0.0740. The number of carbonyl (C=O) groups excluding carboxylic acids is 1. The van der Waals surface area contributed by atoms with Crippen LogP contribution in [0, 0.1) is 5.92 Å². The first-order chi connectivity index (χ1) is 14.5. The fourth-order valence-corrected chi connectivity index (χ4v) is 4.19. The molecule has 0 aromatic heterocycles. The molecule has 0 N–H and O–H groups in total. The van der Waals surface area contributed by atoms with E-state index < -0.39 is 0 Å². The van der Waals surface area contributed by atoms with Crippen molar-refractivity contribution < 1.29 is 9.53 Å². The van der Waals surface area contributed by atoms with E-state index in [-0.39, 0.29) is 5.91 Å². The van der Waals surface area contributed by atoms with Crippen molar-refractivity contribution in [2.45, 2.75) is 19.3 Å². The highest BCUT2D eigenvalue weighted by Crippen LogP contribution is 2.22. The summed E-state index contributed by atoms with van der Waals surface area (Å²) in [6, 6.07) is 16.1. The molecule has 1 fully saturated rings. The molecular formula is C25H35N3O2. The predicted molar refractivity (Wildman–Crippen MR) is 124 cm³/mol. The molecule has 1 aliphatic rings. The molecule has 0 radical (unpaired) electrons. The molecule has 1 saturated heterocycles. The Hall–Kier alpha value is -2.53. The average molecular weight is 410 g/mol. The van der Waals surface area contributed by atoms with E-state index >= 15 is 0 Å². The smallest absolute Gasteiger partial charge is 0.253 e. The second-order valence-corrected chi connectivity index (χ2v) is 8.48. The molecule has 5 nitrogen and oxygen atoms in total. The van der Waals surface area contributed by atoms with Crippen molar-refractivity contribution in [1.82, 2.24) is 9.80 Å². The number of rotatable bonds is 8. The van der Waals surface area contributed by atoms with Gasteiger partial charge in [0.1, 0.15) is 5.75 Å². The number of hydrogen-bond donors (Lipinski definition) is 0. The maximum Gasteiger partial charge on any atom is 0.253 e. The van der Waals surface area contributed by atoms with Crippen molar-refractivity contribution in [3.05, 3.63) is 59.7 Å². The molecule has 1 amide bonds. The van der Waals surface area contributed by atoms with Crippen LogP contribution >= 0.6 is 0 Å².